The van der Waals surface area contributed by atoms with Crippen molar-refractivity contribution in [2.24, 2.45) is 0 Å². The van der Waals surface area contributed by atoms with E-state index >= 15 is 0 Å². The molecule has 0 saturated heterocycles. The molecule has 0 aliphatic rings. The number of rotatable bonds is 13. The third kappa shape index (κ3) is 7.82. The number of benzene rings is 3. The summed E-state index contributed by atoms with van der Waals surface area (Å²) in [6.45, 7) is 3.58. The number of carbonyl (C=O) groups excluding carboxylic acids is 2. The Morgan fingerprint density at radius 2 is 1.61 bits per heavy atom. The molecule has 3 aromatic carbocycles. The molecule has 0 unspecified atom stereocenters. The number of nitrogens with zero attached hydrogens (tertiary/aromatic N) is 4. The molecule has 0 N–H and O–H groups in total. The Labute approximate surface area is 239 Å². The molecule has 0 aliphatic carbocycles. The highest BCUT2D eigenvalue weighted by atomic mass is 16.6. The van der Waals surface area contributed by atoms with Gasteiger partial charge in [0.05, 0.1) is 18.6 Å². The van der Waals surface area contributed by atoms with Crippen LogP contribution in [0.5, 0.6) is 5.75 Å². The second-order valence-electron chi connectivity index (χ2n) is 9.75. The van der Waals surface area contributed by atoms with Crippen molar-refractivity contribution in [3.8, 4) is 5.75 Å². The van der Waals surface area contributed by atoms with Crippen molar-refractivity contribution in [2.45, 2.75) is 33.0 Å². The zero-order valence-corrected chi connectivity index (χ0v) is 23.3. The molecule has 0 radical (unpaired) electrons. The Morgan fingerprint density at radius 3 is 2.29 bits per heavy atom. The number of hydrogen-bond acceptors (Lipinski definition) is 5. The number of methoxy groups -OCH3 is 1. The van der Waals surface area contributed by atoms with Crippen LogP contribution < -0.4 is 4.74 Å². The molecule has 4 aromatic rings. The van der Waals surface area contributed by atoms with E-state index in [1.54, 1.807) is 12.0 Å². The normalized spacial score (nSPS) is 10.7. The van der Waals surface area contributed by atoms with Gasteiger partial charge in [-0.05, 0) is 53.9 Å². The third-order valence-corrected chi connectivity index (χ3v) is 6.76. The van der Waals surface area contributed by atoms with Crippen molar-refractivity contribution >= 4 is 17.5 Å². The predicted molar refractivity (Wildman–Crippen MR) is 157 cm³/mol. The van der Waals surface area contributed by atoms with Gasteiger partial charge in [-0.2, -0.15) is 0 Å². The lowest BCUT2D eigenvalue weighted by Crippen LogP contribution is -2.43. The van der Waals surface area contributed by atoms with Crippen LogP contribution in [0.15, 0.2) is 97.2 Å². The lowest BCUT2D eigenvalue weighted by molar-refractivity contribution is -0.384. The van der Waals surface area contributed by atoms with E-state index < -0.39 is 4.92 Å². The van der Waals surface area contributed by atoms with Gasteiger partial charge in [0, 0.05) is 49.2 Å². The van der Waals surface area contributed by atoms with Crippen molar-refractivity contribution in [1.29, 1.82) is 0 Å². The molecular weight excluding hydrogens is 520 g/mol. The van der Waals surface area contributed by atoms with Crippen LogP contribution in [-0.2, 0) is 24.4 Å². The molecule has 212 valence electrons. The zero-order valence-electron chi connectivity index (χ0n) is 23.3. The largest absolute Gasteiger partial charge is 0.497 e. The van der Waals surface area contributed by atoms with Crippen LogP contribution in [0.25, 0.3) is 0 Å². The standard InChI is InChI=1S/C32H34N4O5/c1-3-18-34(32(38)27-14-16-28(17-15-27)36(39)40)24-31(37)35(21-25-9-5-4-6-10-25)23-29-12-8-19-33(29)22-26-11-7-13-30(20-26)41-2/h4-17,19-20H,3,18,21-24H2,1-2H3. The van der Waals surface area contributed by atoms with Crippen molar-refractivity contribution in [2.75, 3.05) is 20.2 Å². The lowest BCUT2D eigenvalue weighted by atomic mass is 10.1. The molecule has 4 rings (SSSR count). The summed E-state index contributed by atoms with van der Waals surface area (Å²) in [5.74, 6) is 0.258. The van der Waals surface area contributed by atoms with Gasteiger partial charge >= 0.3 is 0 Å². The number of nitro benzene ring substituents is 1. The Morgan fingerprint density at radius 1 is 0.878 bits per heavy atom. The fourth-order valence-corrected chi connectivity index (χ4v) is 4.64. The number of non-ortho nitro benzene ring substituents is 1. The molecule has 0 spiro atoms. The van der Waals surface area contributed by atoms with Crippen molar-refractivity contribution < 1.29 is 19.2 Å². The molecule has 0 atom stereocenters. The highest BCUT2D eigenvalue weighted by molar-refractivity contribution is 5.96. The number of amides is 2. The van der Waals surface area contributed by atoms with E-state index in [1.165, 1.54) is 29.2 Å². The van der Waals surface area contributed by atoms with Gasteiger partial charge in [-0.25, -0.2) is 0 Å². The van der Waals surface area contributed by atoms with Crippen LogP contribution in [0, 0.1) is 10.1 Å². The van der Waals surface area contributed by atoms with E-state index in [1.807, 2.05) is 79.9 Å². The quantitative estimate of drug-likeness (QED) is 0.160. The maximum Gasteiger partial charge on any atom is 0.269 e. The molecule has 0 aliphatic heterocycles. The van der Waals surface area contributed by atoms with Crippen molar-refractivity contribution in [3.63, 3.8) is 0 Å². The SMILES string of the molecule is CCCN(CC(=O)N(Cc1ccccc1)Cc1cccn1Cc1cccc(OC)c1)C(=O)c1ccc([N+](=O)[O-])cc1. The Hall–Kier alpha value is -4.92. The number of hydrogen-bond donors (Lipinski definition) is 0. The molecule has 2 amide bonds. The molecular formula is C32H34N4O5. The van der Waals surface area contributed by atoms with Crippen molar-refractivity contribution in [3.05, 3.63) is 130 Å². The van der Waals surface area contributed by atoms with E-state index in [0.717, 1.165) is 22.6 Å². The maximum absolute atomic E-state index is 13.8. The second-order valence-corrected chi connectivity index (χ2v) is 9.75. The fourth-order valence-electron chi connectivity index (χ4n) is 4.64. The van der Waals surface area contributed by atoms with Crippen LogP contribution in [0.4, 0.5) is 5.69 Å². The molecule has 9 heteroatoms. The zero-order chi connectivity index (χ0) is 29.2. The topological polar surface area (TPSA) is 97.9 Å². The summed E-state index contributed by atoms with van der Waals surface area (Å²) in [5, 5.41) is 11.0. The minimum Gasteiger partial charge on any atom is -0.497 e. The first kappa shape index (κ1) is 29.1. The monoisotopic (exact) mass is 554 g/mol. The minimum atomic E-state index is -0.507. The third-order valence-electron chi connectivity index (χ3n) is 6.76. The molecule has 41 heavy (non-hydrogen) atoms. The molecule has 0 saturated carbocycles. The van der Waals surface area contributed by atoms with Gasteiger partial charge in [0.1, 0.15) is 12.3 Å². The molecule has 0 fully saturated rings. The van der Waals surface area contributed by atoms with E-state index in [4.69, 9.17) is 4.74 Å². The maximum atomic E-state index is 13.8. The first-order valence-corrected chi connectivity index (χ1v) is 13.5. The highest BCUT2D eigenvalue weighted by Crippen LogP contribution is 2.18. The Kier molecular flexibility index (Phi) is 9.88. The molecule has 1 heterocycles. The average molecular weight is 555 g/mol. The van der Waals surface area contributed by atoms with Gasteiger partial charge in [0.2, 0.25) is 5.91 Å². The summed E-state index contributed by atoms with van der Waals surface area (Å²) in [6, 6.07) is 27.1. The average Bonchev–Trinajstić information content (AvgIpc) is 3.43. The van der Waals surface area contributed by atoms with E-state index in [-0.39, 0.29) is 24.0 Å². The Bertz CT molecular complexity index is 1470. The number of aromatic nitrogens is 1. The fraction of sp³-hybridized carbons (Fsp3) is 0.250. The van der Waals surface area contributed by atoms with Crippen LogP contribution in [-0.4, -0.2) is 51.3 Å². The molecule has 1 aromatic heterocycles. The van der Waals surface area contributed by atoms with Crippen LogP contribution >= 0.6 is 0 Å². The molecule has 0 bridgehead atoms. The van der Waals surface area contributed by atoms with Crippen LogP contribution in [0.1, 0.15) is 40.5 Å². The van der Waals surface area contributed by atoms with E-state index in [9.17, 15) is 19.7 Å². The van der Waals surface area contributed by atoms with Gasteiger partial charge in [-0.3, -0.25) is 19.7 Å². The van der Waals surface area contributed by atoms with Gasteiger partial charge in [0.15, 0.2) is 0 Å². The summed E-state index contributed by atoms with van der Waals surface area (Å²) >= 11 is 0. The first-order valence-electron chi connectivity index (χ1n) is 13.5. The summed E-state index contributed by atoms with van der Waals surface area (Å²) in [6.07, 6.45) is 2.65. The van der Waals surface area contributed by atoms with Gasteiger partial charge in [-0.1, -0.05) is 49.4 Å². The first-order chi connectivity index (χ1) is 19.9. The highest BCUT2D eigenvalue weighted by Gasteiger charge is 2.23. The van der Waals surface area contributed by atoms with E-state index in [2.05, 4.69) is 4.57 Å². The predicted octanol–water partition coefficient (Wildman–Crippen LogP) is 5.53. The smallest absolute Gasteiger partial charge is 0.269 e. The summed E-state index contributed by atoms with van der Waals surface area (Å²) in [5.41, 5.74) is 3.23. The van der Waals surface area contributed by atoms with Gasteiger partial charge in [-0.15, -0.1) is 0 Å². The van der Waals surface area contributed by atoms with Crippen LogP contribution in [0.3, 0.4) is 0 Å². The van der Waals surface area contributed by atoms with E-state index in [0.29, 0.717) is 38.2 Å². The second kappa shape index (κ2) is 13.9. The molecule has 9 nitrogen and oxygen atoms in total. The number of nitro groups is 1. The summed E-state index contributed by atoms with van der Waals surface area (Å²) in [7, 11) is 1.64. The van der Waals surface area contributed by atoms with Crippen molar-refractivity contribution in [1.82, 2.24) is 14.4 Å². The Balaban J connectivity index is 1.55. The van der Waals surface area contributed by atoms with Gasteiger partial charge in [0.25, 0.3) is 11.6 Å². The summed E-state index contributed by atoms with van der Waals surface area (Å²) in [4.78, 5) is 40.9. The number of carbonyl (C=O) groups is 2. The number of ether oxygens (including phenoxy) is 1. The van der Waals surface area contributed by atoms with Crippen LogP contribution in [0.2, 0.25) is 0 Å². The minimum absolute atomic E-state index is 0.0920. The van der Waals surface area contributed by atoms with Gasteiger partial charge < -0.3 is 19.1 Å². The summed E-state index contributed by atoms with van der Waals surface area (Å²) < 4.78 is 7.47. The lowest BCUT2D eigenvalue weighted by Gasteiger charge is -2.28.